The van der Waals surface area contributed by atoms with Gasteiger partial charge in [-0.3, -0.25) is 24.6 Å². The molecular formula is C22H31N5O3. The molecule has 3 aliphatic rings. The third-order valence-corrected chi connectivity index (χ3v) is 6.60. The zero-order valence-electron chi connectivity index (χ0n) is 17.8. The largest absolute Gasteiger partial charge is 0.340 e. The lowest BCUT2D eigenvalue weighted by Gasteiger charge is -2.47. The Morgan fingerprint density at radius 1 is 1.17 bits per heavy atom. The van der Waals surface area contributed by atoms with E-state index >= 15 is 0 Å². The van der Waals surface area contributed by atoms with E-state index in [0.717, 1.165) is 30.6 Å². The molecule has 0 spiro atoms. The molecule has 3 saturated heterocycles. The molecule has 8 heteroatoms. The van der Waals surface area contributed by atoms with Gasteiger partial charge in [-0.05, 0) is 55.9 Å². The molecule has 0 saturated carbocycles. The van der Waals surface area contributed by atoms with E-state index in [0.29, 0.717) is 11.6 Å². The highest BCUT2D eigenvalue weighted by Gasteiger charge is 2.49. The summed E-state index contributed by atoms with van der Waals surface area (Å²) >= 11 is 0. The number of nitrogens with zero attached hydrogens (tertiary/aromatic N) is 1. The molecular weight excluding hydrogens is 382 g/mol. The number of fused-ring (bicyclic) bond motifs is 1. The third-order valence-electron chi connectivity index (χ3n) is 6.60. The maximum atomic E-state index is 13.0. The van der Waals surface area contributed by atoms with Gasteiger partial charge in [-0.15, -0.1) is 0 Å². The maximum Gasteiger partial charge on any atom is 0.229 e. The van der Waals surface area contributed by atoms with E-state index in [9.17, 15) is 14.4 Å². The molecule has 0 bridgehead atoms. The van der Waals surface area contributed by atoms with Crippen LogP contribution < -0.4 is 21.3 Å². The molecule has 3 amide bonds. The molecule has 30 heavy (non-hydrogen) atoms. The lowest BCUT2D eigenvalue weighted by atomic mass is 9.81. The van der Waals surface area contributed by atoms with E-state index in [4.69, 9.17) is 0 Å². The molecule has 8 nitrogen and oxygen atoms in total. The number of hydrogen-bond donors (Lipinski definition) is 4. The van der Waals surface area contributed by atoms with Crippen LogP contribution in [0.3, 0.4) is 0 Å². The fraction of sp³-hybridized carbons (Fsp3) is 0.591. The quantitative estimate of drug-likeness (QED) is 0.593. The monoisotopic (exact) mass is 413 g/mol. The zero-order valence-corrected chi connectivity index (χ0v) is 17.8. The summed E-state index contributed by atoms with van der Waals surface area (Å²) in [6.07, 6.45) is 1.37. The van der Waals surface area contributed by atoms with E-state index in [2.05, 4.69) is 33.1 Å². The van der Waals surface area contributed by atoms with Crippen molar-refractivity contribution in [3.05, 3.63) is 29.3 Å². The number of likely N-dealkylation sites (tertiary alicyclic amines) is 1. The summed E-state index contributed by atoms with van der Waals surface area (Å²) in [6, 6.07) is 5.69. The SMILES string of the molecule is Cc1ccc(NC(=O)C2CC(=O)NC3NC(N4CCCC(C)C4)NC(=O)C32)cc1C. The summed E-state index contributed by atoms with van der Waals surface area (Å²) in [5.41, 5.74) is 2.89. The van der Waals surface area contributed by atoms with Crippen LogP contribution in [0.25, 0.3) is 0 Å². The fourth-order valence-electron chi connectivity index (χ4n) is 4.77. The van der Waals surface area contributed by atoms with Crippen molar-refractivity contribution in [2.24, 2.45) is 17.8 Å². The molecule has 4 rings (SSSR count). The maximum absolute atomic E-state index is 13.0. The Kier molecular flexibility index (Phi) is 5.79. The lowest BCUT2D eigenvalue weighted by molar-refractivity contribution is -0.148. The van der Waals surface area contributed by atoms with Crippen molar-refractivity contribution >= 4 is 23.4 Å². The second kappa shape index (κ2) is 8.35. The normalized spacial score (nSPS) is 32.0. The molecule has 5 unspecified atom stereocenters. The molecule has 0 aliphatic carbocycles. The number of aryl methyl sites for hydroxylation is 2. The van der Waals surface area contributed by atoms with Crippen LogP contribution in [0.2, 0.25) is 0 Å². The minimum absolute atomic E-state index is 0.00163. The van der Waals surface area contributed by atoms with E-state index in [1.54, 1.807) is 0 Å². The van der Waals surface area contributed by atoms with Gasteiger partial charge in [0.1, 0.15) is 6.29 Å². The van der Waals surface area contributed by atoms with Crippen LogP contribution in [0.5, 0.6) is 0 Å². The van der Waals surface area contributed by atoms with Crippen molar-refractivity contribution in [2.75, 3.05) is 18.4 Å². The van der Waals surface area contributed by atoms with Gasteiger partial charge in [-0.1, -0.05) is 13.0 Å². The minimum atomic E-state index is -0.723. The summed E-state index contributed by atoms with van der Waals surface area (Å²) < 4.78 is 0. The first-order valence-electron chi connectivity index (χ1n) is 10.8. The van der Waals surface area contributed by atoms with Crippen LogP contribution >= 0.6 is 0 Å². The molecule has 3 fully saturated rings. The first-order chi connectivity index (χ1) is 14.3. The van der Waals surface area contributed by atoms with Crippen LogP contribution in [0.15, 0.2) is 18.2 Å². The molecule has 0 radical (unpaired) electrons. The van der Waals surface area contributed by atoms with Gasteiger partial charge in [-0.25, -0.2) is 0 Å². The fourth-order valence-corrected chi connectivity index (χ4v) is 4.77. The highest BCUT2D eigenvalue weighted by Crippen LogP contribution is 2.29. The minimum Gasteiger partial charge on any atom is -0.340 e. The highest BCUT2D eigenvalue weighted by atomic mass is 16.2. The smallest absolute Gasteiger partial charge is 0.229 e. The number of rotatable bonds is 3. The summed E-state index contributed by atoms with van der Waals surface area (Å²) in [4.78, 5) is 40.6. The Balaban J connectivity index is 1.49. The van der Waals surface area contributed by atoms with Crippen molar-refractivity contribution < 1.29 is 14.4 Å². The van der Waals surface area contributed by atoms with Crippen molar-refractivity contribution in [3.63, 3.8) is 0 Å². The van der Waals surface area contributed by atoms with Crippen LogP contribution in [-0.2, 0) is 14.4 Å². The molecule has 3 aliphatic heterocycles. The lowest BCUT2D eigenvalue weighted by Crippen LogP contribution is -2.74. The molecule has 4 N–H and O–H groups in total. The number of amides is 3. The van der Waals surface area contributed by atoms with Gasteiger partial charge in [0.05, 0.1) is 18.0 Å². The van der Waals surface area contributed by atoms with Gasteiger partial charge in [0.15, 0.2) is 0 Å². The first-order valence-corrected chi connectivity index (χ1v) is 10.8. The van der Waals surface area contributed by atoms with E-state index in [1.807, 2.05) is 32.0 Å². The molecule has 1 aromatic carbocycles. The van der Waals surface area contributed by atoms with Crippen molar-refractivity contribution in [3.8, 4) is 0 Å². The second-order valence-electron chi connectivity index (χ2n) is 8.99. The van der Waals surface area contributed by atoms with Crippen molar-refractivity contribution in [1.82, 2.24) is 20.9 Å². The van der Waals surface area contributed by atoms with E-state index in [1.165, 1.54) is 6.42 Å². The number of piperidine rings is 2. The Hall–Kier alpha value is -2.45. The number of nitrogens with one attached hydrogen (secondary N) is 4. The average molecular weight is 414 g/mol. The molecule has 1 aromatic rings. The highest BCUT2D eigenvalue weighted by molar-refractivity contribution is 6.00. The van der Waals surface area contributed by atoms with E-state index in [-0.39, 0.29) is 30.4 Å². The summed E-state index contributed by atoms with van der Waals surface area (Å²) in [6.45, 7) is 7.98. The predicted molar refractivity (Wildman–Crippen MR) is 113 cm³/mol. The summed E-state index contributed by atoms with van der Waals surface area (Å²) in [7, 11) is 0. The van der Waals surface area contributed by atoms with Crippen molar-refractivity contribution in [1.29, 1.82) is 0 Å². The van der Waals surface area contributed by atoms with Crippen LogP contribution in [0.4, 0.5) is 5.69 Å². The Labute approximate surface area is 177 Å². The number of carbonyl (C=O) groups is 3. The topological polar surface area (TPSA) is 103 Å². The van der Waals surface area contributed by atoms with Gasteiger partial charge in [-0.2, -0.15) is 0 Å². The molecule has 0 aromatic heterocycles. The second-order valence-corrected chi connectivity index (χ2v) is 8.99. The Morgan fingerprint density at radius 3 is 2.70 bits per heavy atom. The van der Waals surface area contributed by atoms with Crippen molar-refractivity contribution in [2.45, 2.75) is 52.5 Å². The van der Waals surface area contributed by atoms with Gasteiger partial charge < -0.3 is 16.0 Å². The standard InChI is InChI=1S/C22H31N5O3/c1-12-5-4-8-27(11-12)22-25-19-18(21(30)26-22)16(10-17(28)24-19)20(29)23-15-7-6-13(2)14(3)9-15/h6-7,9,12,16,18-19,22,25H,4-5,8,10-11H2,1-3H3,(H,23,29)(H,24,28)(H,26,30). The van der Waals surface area contributed by atoms with Gasteiger partial charge in [0.25, 0.3) is 0 Å². The van der Waals surface area contributed by atoms with Crippen LogP contribution in [0, 0.1) is 31.6 Å². The van der Waals surface area contributed by atoms with Crippen LogP contribution in [-0.4, -0.2) is 48.2 Å². The summed E-state index contributed by atoms with van der Waals surface area (Å²) in [5, 5.41) is 12.2. The zero-order chi connectivity index (χ0) is 21.4. The Bertz CT molecular complexity index is 857. The number of anilines is 1. The number of hydrogen-bond acceptors (Lipinski definition) is 5. The molecule has 3 heterocycles. The van der Waals surface area contributed by atoms with E-state index < -0.39 is 18.0 Å². The Morgan fingerprint density at radius 2 is 1.97 bits per heavy atom. The van der Waals surface area contributed by atoms with Gasteiger partial charge >= 0.3 is 0 Å². The third kappa shape index (κ3) is 4.20. The van der Waals surface area contributed by atoms with Gasteiger partial charge in [0.2, 0.25) is 17.7 Å². The van der Waals surface area contributed by atoms with Gasteiger partial charge in [0, 0.05) is 25.2 Å². The predicted octanol–water partition coefficient (Wildman–Crippen LogP) is 1.06. The number of carbonyl (C=O) groups excluding carboxylic acids is 3. The number of benzene rings is 1. The first kappa shape index (κ1) is 20.8. The molecule has 5 atom stereocenters. The molecule has 162 valence electrons. The van der Waals surface area contributed by atoms with Crippen LogP contribution in [0.1, 0.15) is 37.3 Å². The average Bonchev–Trinajstić information content (AvgIpc) is 2.69. The summed E-state index contributed by atoms with van der Waals surface area (Å²) in [5.74, 6) is -1.52.